The standard InChI is InChI=1S/C29H31ClN6O5/c1-14-19(31-15(2)24(14)35-23(37)13-30)11-18-17-7-6-16(10-20(17)33-25(18)38)32-26(39)29(8-9-29)27(40)34-22-12-21(41-36-22)28(3,4)5/h6-7,10-12,31H,8-9,13H2,1-5H3,(H,32,39)(H,33,38)(H,35,37)(H,34,36,40)/b18-11-. The van der Waals surface area contributed by atoms with Crippen molar-refractivity contribution in [1.82, 2.24) is 10.1 Å². The predicted octanol–water partition coefficient (Wildman–Crippen LogP) is 4.94. The number of alkyl halides is 1. The van der Waals surface area contributed by atoms with Gasteiger partial charge in [0.05, 0.1) is 16.9 Å². The first-order chi connectivity index (χ1) is 19.3. The van der Waals surface area contributed by atoms with E-state index < -0.39 is 17.2 Å². The number of rotatable bonds is 7. The first-order valence-electron chi connectivity index (χ1n) is 13.1. The summed E-state index contributed by atoms with van der Waals surface area (Å²) < 4.78 is 5.32. The third-order valence-electron chi connectivity index (χ3n) is 7.32. The highest BCUT2D eigenvalue weighted by atomic mass is 35.5. The number of nitrogens with one attached hydrogen (secondary N) is 5. The highest BCUT2D eigenvalue weighted by Gasteiger charge is 2.56. The highest BCUT2D eigenvalue weighted by molar-refractivity contribution is 6.35. The van der Waals surface area contributed by atoms with E-state index >= 15 is 0 Å². The second kappa shape index (κ2) is 10.2. The van der Waals surface area contributed by atoms with E-state index in [1.54, 1.807) is 30.3 Å². The lowest BCUT2D eigenvalue weighted by Crippen LogP contribution is -2.35. The number of carbonyl (C=O) groups excluding carboxylic acids is 4. The molecule has 0 bridgehead atoms. The Morgan fingerprint density at radius 3 is 2.44 bits per heavy atom. The minimum atomic E-state index is -1.20. The summed E-state index contributed by atoms with van der Waals surface area (Å²) in [7, 11) is 0. The molecule has 41 heavy (non-hydrogen) atoms. The number of halogens is 1. The molecule has 1 aromatic carbocycles. The van der Waals surface area contributed by atoms with Crippen LogP contribution < -0.4 is 21.3 Å². The molecule has 0 unspecified atom stereocenters. The van der Waals surface area contributed by atoms with E-state index in [0.717, 1.165) is 11.3 Å². The zero-order chi connectivity index (χ0) is 29.7. The van der Waals surface area contributed by atoms with Crippen molar-refractivity contribution < 1.29 is 23.7 Å². The molecule has 0 saturated heterocycles. The molecule has 11 nitrogen and oxygen atoms in total. The minimum Gasteiger partial charge on any atom is -0.359 e. The number of hydrogen-bond acceptors (Lipinski definition) is 6. The van der Waals surface area contributed by atoms with E-state index in [0.29, 0.717) is 52.5 Å². The number of carbonyl (C=O) groups is 4. The monoisotopic (exact) mass is 578 g/mol. The van der Waals surface area contributed by atoms with Gasteiger partial charge in [-0.15, -0.1) is 11.6 Å². The molecular formula is C29H31ClN6O5. The molecule has 12 heteroatoms. The average Bonchev–Trinajstić information content (AvgIpc) is 3.40. The van der Waals surface area contributed by atoms with Gasteiger partial charge in [-0.25, -0.2) is 0 Å². The average molecular weight is 579 g/mol. The zero-order valence-corrected chi connectivity index (χ0v) is 24.1. The quantitative estimate of drug-likeness (QED) is 0.152. The van der Waals surface area contributed by atoms with Crippen LogP contribution in [-0.4, -0.2) is 39.6 Å². The van der Waals surface area contributed by atoms with Crippen molar-refractivity contribution >= 4 is 69.8 Å². The summed E-state index contributed by atoms with van der Waals surface area (Å²) in [6.07, 6.45) is 2.54. The number of aromatic nitrogens is 2. The summed E-state index contributed by atoms with van der Waals surface area (Å²) in [6, 6.07) is 6.74. The second-order valence-electron chi connectivity index (χ2n) is 11.4. The Kier molecular flexibility index (Phi) is 7.02. The maximum absolute atomic E-state index is 13.2. The molecule has 2 aliphatic rings. The Morgan fingerprint density at radius 1 is 1.10 bits per heavy atom. The maximum Gasteiger partial charge on any atom is 0.256 e. The van der Waals surface area contributed by atoms with E-state index in [-0.39, 0.29) is 28.9 Å². The van der Waals surface area contributed by atoms with Crippen LogP contribution in [-0.2, 0) is 24.6 Å². The molecular weight excluding hydrogens is 548 g/mol. The number of amides is 4. The number of hydrogen-bond donors (Lipinski definition) is 5. The molecule has 1 aliphatic carbocycles. The number of benzene rings is 1. The van der Waals surface area contributed by atoms with E-state index in [1.807, 2.05) is 34.6 Å². The number of fused-ring (bicyclic) bond motifs is 1. The van der Waals surface area contributed by atoms with Gasteiger partial charge < -0.3 is 30.8 Å². The number of anilines is 4. The Hall–Kier alpha value is -4.38. The summed E-state index contributed by atoms with van der Waals surface area (Å²) in [4.78, 5) is 54.0. The van der Waals surface area contributed by atoms with E-state index in [1.165, 1.54) is 0 Å². The maximum atomic E-state index is 13.2. The number of aryl methyl sites for hydroxylation is 1. The van der Waals surface area contributed by atoms with Gasteiger partial charge in [-0.05, 0) is 50.5 Å². The smallest absolute Gasteiger partial charge is 0.256 e. The SMILES string of the molecule is Cc1[nH]c(/C=C2\C(=O)Nc3cc(NC(=O)C4(C(=O)Nc5cc(C(C)(C)C)on5)CC4)ccc32)c(C)c1NC(=O)CCl. The number of H-pyrrole nitrogens is 1. The summed E-state index contributed by atoms with van der Waals surface area (Å²) in [5.41, 5.74) is 3.39. The summed E-state index contributed by atoms with van der Waals surface area (Å²) in [6.45, 7) is 9.56. The van der Waals surface area contributed by atoms with Crippen LogP contribution >= 0.6 is 11.6 Å². The lowest BCUT2D eigenvalue weighted by molar-refractivity contribution is -0.131. The van der Waals surface area contributed by atoms with E-state index in [9.17, 15) is 19.2 Å². The van der Waals surface area contributed by atoms with Crippen molar-refractivity contribution in [2.45, 2.75) is 52.9 Å². The Bertz CT molecular complexity index is 1620. The van der Waals surface area contributed by atoms with Gasteiger partial charge in [0.25, 0.3) is 5.91 Å². The molecule has 2 aromatic heterocycles. The molecule has 4 amide bonds. The van der Waals surface area contributed by atoms with Gasteiger partial charge in [0.1, 0.15) is 17.1 Å². The molecule has 5 N–H and O–H groups in total. The van der Waals surface area contributed by atoms with Crippen molar-refractivity contribution in [3.05, 3.63) is 52.5 Å². The van der Waals surface area contributed by atoms with Gasteiger partial charge in [-0.3, -0.25) is 19.2 Å². The Labute approximate surface area is 241 Å². The predicted molar refractivity (Wildman–Crippen MR) is 157 cm³/mol. The number of aromatic amines is 1. The van der Waals surface area contributed by atoms with Crippen LogP contribution in [0, 0.1) is 19.3 Å². The number of nitrogens with zero attached hydrogens (tertiary/aromatic N) is 1. The lowest BCUT2D eigenvalue weighted by atomic mass is 9.93. The van der Waals surface area contributed by atoms with Gasteiger partial charge in [0.15, 0.2) is 5.82 Å². The van der Waals surface area contributed by atoms with Crippen LogP contribution in [0.4, 0.5) is 22.9 Å². The fourth-order valence-electron chi connectivity index (χ4n) is 4.70. The highest BCUT2D eigenvalue weighted by Crippen LogP contribution is 2.48. The van der Waals surface area contributed by atoms with Crippen molar-refractivity contribution in [2.75, 3.05) is 27.1 Å². The van der Waals surface area contributed by atoms with Crippen LogP contribution in [0.5, 0.6) is 0 Å². The van der Waals surface area contributed by atoms with E-state index in [2.05, 4.69) is 31.4 Å². The molecule has 0 radical (unpaired) electrons. The van der Waals surface area contributed by atoms with Crippen LogP contribution in [0.15, 0.2) is 28.8 Å². The third-order valence-corrected chi connectivity index (χ3v) is 7.56. The fraction of sp³-hybridized carbons (Fsp3) is 0.345. The van der Waals surface area contributed by atoms with Crippen LogP contribution in [0.3, 0.4) is 0 Å². The Morgan fingerprint density at radius 2 is 1.80 bits per heavy atom. The van der Waals surface area contributed by atoms with Crippen molar-refractivity contribution in [2.24, 2.45) is 5.41 Å². The molecule has 0 spiro atoms. The molecule has 214 valence electrons. The van der Waals surface area contributed by atoms with Gasteiger partial charge in [0, 0.05) is 34.1 Å². The molecule has 3 heterocycles. The first kappa shape index (κ1) is 28.2. The van der Waals surface area contributed by atoms with Crippen LogP contribution in [0.1, 0.15) is 61.9 Å². The van der Waals surface area contributed by atoms with Gasteiger partial charge in [-0.2, -0.15) is 0 Å². The van der Waals surface area contributed by atoms with Gasteiger partial charge >= 0.3 is 0 Å². The van der Waals surface area contributed by atoms with Crippen LogP contribution in [0.2, 0.25) is 0 Å². The lowest BCUT2D eigenvalue weighted by Gasteiger charge is -2.15. The topological polar surface area (TPSA) is 158 Å². The molecule has 1 saturated carbocycles. The fourth-order valence-corrected chi connectivity index (χ4v) is 4.76. The van der Waals surface area contributed by atoms with Crippen molar-refractivity contribution in [3.63, 3.8) is 0 Å². The summed E-state index contributed by atoms with van der Waals surface area (Å²) >= 11 is 5.62. The molecule has 1 fully saturated rings. The normalized spacial score (nSPS) is 16.2. The largest absolute Gasteiger partial charge is 0.359 e. The van der Waals surface area contributed by atoms with Crippen molar-refractivity contribution in [1.29, 1.82) is 0 Å². The minimum absolute atomic E-state index is 0.166. The van der Waals surface area contributed by atoms with Crippen molar-refractivity contribution in [3.8, 4) is 0 Å². The molecule has 5 rings (SSSR count). The summed E-state index contributed by atoms with van der Waals surface area (Å²) in [5, 5.41) is 15.0. The zero-order valence-electron chi connectivity index (χ0n) is 23.4. The van der Waals surface area contributed by atoms with E-state index in [4.69, 9.17) is 16.1 Å². The molecule has 3 aromatic rings. The summed E-state index contributed by atoms with van der Waals surface area (Å²) in [5.74, 6) is -0.786. The second-order valence-corrected chi connectivity index (χ2v) is 11.7. The first-order valence-corrected chi connectivity index (χ1v) is 13.7. The van der Waals surface area contributed by atoms with Gasteiger partial charge in [-0.1, -0.05) is 32.0 Å². The molecule has 0 atom stereocenters. The van der Waals surface area contributed by atoms with Crippen LogP contribution in [0.25, 0.3) is 11.6 Å². The Balaban J connectivity index is 1.31. The third kappa shape index (κ3) is 5.37. The molecule has 1 aliphatic heterocycles. The van der Waals surface area contributed by atoms with Gasteiger partial charge in [0.2, 0.25) is 17.7 Å².